The van der Waals surface area contributed by atoms with Crippen molar-refractivity contribution in [2.45, 2.75) is 13.8 Å². The predicted molar refractivity (Wildman–Crippen MR) is 83.4 cm³/mol. The number of hydrogen-bond acceptors (Lipinski definition) is 4. The predicted octanol–water partition coefficient (Wildman–Crippen LogP) is 3.68. The zero-order valence-corrected chi connectivity index (χ0v) is 13.7. The molecule has 0 aromatic heterocycles. The van der Waals surface area contributed by atoms with Crippen molar-refractivity contribution < 1.29 is 22.8 Å². The topological polar surface area (TPSA) is 55.8 Å². The van der Waals surface area contributed by atoms with Gasteiger partial charge in [-0.25, -0.2) is 4.39 Å². The van der Waals surface area contributed by atoms with E-state index in [2.05, 4.69) is 6.58 Å². The van der Waals surface area contributed by atoms with Gasteiger partial charge in [-0.15, -0.1) is 6.58 Å². The average molecular weight is 329 g/mol. The molecule has 1 aromatic rings. The molecule has 5 nitrogen and oxygen atoms in total. The molecule has 0 saturated heterocycles. The van der Waals surface area contributed by atoms with E-state index in [4.69, 9.17) is 9.05 Å². The fourth-order valence-corrected chi connectivity index (χ4v) is 3.57. The van der Waals surface area contributed by atoms with Crippen molar-refractivity contribution in [1.82, 2.24) is 4.90 Å². The summed E-state index contributed by atoms with van der Waals surface area (Å²) in [6.07, 6.45) is 1.22. The first-order valence-corrected chi connectivity index (χ1v) is 8.73. The van der Waals surface area contributed by atoms with Crippen molar-refractivity contribution in [3.63, 3.8) is 0 Å². The lowest BCUT2D eigenvalue weighted by Crippen LogP contribution is -2.33. The monoisotopic (exact) mass is 329 g/mol. The van der Waals surface area contributed by atoms with Crippen LogP contribution in [-0.4, -0.2) is 36.9 Å². The Morgan fingerprint density at radius 3 is 2.41 bits per heavy atom. The Bertz CT molecular complexity index is 554. The molecule has 1 aromatic carbocycles. The highest BCUT2D eigenvalue weighted by Crippen LogP contribution is 2.48. The summed E-state index contributed by atoms with van der Waals surface area (Å²) in [5.74, 6) is -1.22. The highest BCUT2D eigenvalue weighted by Gasteiger charge is 2.30. The summed E-state index contributed by atoms with van der Waals surface area (Å²) in [5.41, 5.74) is -0.0936. The summed E-state index contributed by atoms with van der Waals surface area (Å²) >= 11 is 0. The number of benzene rings is 1. The first-order chi connectivity index (χ1) is 10.5. The molecule has 7 heteroatoms. The summed E-state index contributed by atoms with van der Waals surface area (Å²) in [6.45, 7) is 7.41. The molecule has 1 amide bonds. The molecule has 0 heterocycles. The summed E-state index contributed by atoms with van der Waals surface area (Å²) in [4.78, 5) is 13.7. The van der Waals surface area contributed by atoms with Crippen LogP contribution in [-0.2, 0) is 13.6 Å². The Hall–Kier alpha value is -1.49. The van der Waals surface area contributed by atoms with Crippen molar-refractivity contribution >= 4 is 13.5 Å². The number of halogens is 1. The third kappa shape index (κ3) is 5.05. The molecule has 0 fully saturated rings. The fraction of sp³-hybridized carbons (Fsp3) is 0.400. The molecule has 1 rings (SSSR count). The van der Waals surface area contributed by atoms with Crippen LogP contribution >= 0.6 is 7.60 Å². The summed E-state index contributed by atoms with van der Waals surface area (Å²) in [6, 6.07) is 5.63. The van der Waals surface area contributed by atoms with Crippen molar-refractivity contribution in [3.05, 3.63) is 48.3 Å². The Labute approximate surface area is 130 Å². The maximum Gasteiger partial charge on any atom is 0.349 e. The first-order valence-electron chi connectivity index (χ1n) is 7.00. The highest BCUT2D eigenvalue weighted by molar-refractivity contribution is 7.53. The second kappa shape index (κ2) is 8.83. The van der Waals surface area contributed by atoms with Crippen LogP contribution in [0.25, 0.3) is 0 Å². The standard InChI is InChI=1S/C15H21FNO4P/c1-4-11-17(12-22(19,20-5-2)21-6-3)15(18)13-9-7-8-10-14(13)16/h4,7-10H,1,5-6,11-12H2,2-3H3. The van der Waals surface area contributed by atoms with Gasteiger partial charge in [0, 0.05) is 6.54 Å². The molecule has 0 bridgehead atoms. The molecule has 0 unspecified atom stereocenters. The van der Waals surface area contributed by atoms with Crippen molar-refractivity contribution in [2.75, 3.05) is 26.0 Å². The molecule has 0 spiro atoms. The number of nitrogens with zero attached hydrogens (tertiary/aromatic N) is 1. The van der Waals surface area contributed by atoms with E-state index in [-0.39, 0.29) is 31.6 Å². The maximum atomic E-state index is 13.8. The molecule has 0 atom stereocenters. The number of hydrogen-bond donors (Lipinski definition) is 0. The Morgan fingerprint density at radius 2 is 1.91 bits per heavy atom. The fourth-order valence-electron chi connectivity index (χ4n) is 1.89. The van der Waals surface area contributed by atoms with E-state index in [9.17, 15) is 13.8 Å². The molecule has 0 radical (unpaired) electrons. The van der Waals surface area contributed by atoms with Crippen LogP contribution in [0.4, 0.5) is 4.39 Å². The molecule has 0 aliphatic carbocycles. The van der Waals surface area contributed by atoms with E-state index >= 15 is 0 Å². The van der Waals surface area contributed by atoms with Gasteiger partial charge in [-0.2, -0.15) is 0 Å². The molecule has 0 aliphatic rings. The molecule has 22 heavy (non-hydrogen) atoms. The van der Waals surface area contributed by atoms with Gasteiger partial charge in [0.1, 0.15) is 12.1 Å². The van der Waals surface area contributed by atoms with Gasteiger partial charge < -0.3 is 13.9 Å². The van der Waals surface area contributed by atoms with E-state index in [0.29, 0.717) is 0 Å². The molecular weight excluding hydrogens is 308 g/mol. The summed E-state index contributed by atoms with van der Waals surface area (Å²) in [7, 11) is -3.46. The van der Waals surface area contributed by atoms with Gasteiger partial charge in [-0.1, -0.05) is 18.2 Å². The van der Waals surface area contributed by atoms with Gasteiger partial charge in [0.2, 0.25) is 0 Å². The lowest BCUT2D eigenvalue weighted by molar-refractivity contribution is 0.0776. The van der Waals surface area contributed by atoms with Gasteiger partial charge in [0.25, 0.3) is 5.91 Å². The van der Waals surface area contributed by atoms with Crippen LogP contribution < -0.4 is 0 Å². The van der Waals surface area contributed by atoms with Crippen LogP contribution in [0.3, 0.4) is 0 Å². The lowest BCUT2D eigenvalue weighted by Gasteiger charge is -2.26. The van der Waals surface area contributed by atoms with E-state index < -0.39 is 19.3 Å². The number of amides is 1. The molecular formula is C15H21FNO4P. The van der Waals surface area contributed by atoms with Crippen molar-refractivity contribution in [2.24, 2.45) is 0 Å². The molecule has 0 N–H and O–H groups in total. The van der Waals surface area contributed by atoms with Crippen molar-refractivity contribution in [1.29, 1.82) is 0 Å². The maximum absolute atomic E-state index is 13.8. The largest absolute Gasteiger partial charge is 0.349 e. The lowest BCUT2D eigenvalue weighted by atomic mass is 10.2. The Kier molecular flexibility index (Phi) is 7.45. The minimum absolute atomic E-state index is 0.0936. The van der Waals surface area contributed by atoms with E-state index in [1.54, 1.807) is 19.9 Å². The van der Waals surface area contributed by atoms with E-state index in [1.165, 1.54) is 29.2 Å². The van der Waals surface area contributed by atoms with Crippen LogP contribution in [0.15, 0.2) is 36.9 Å². The van der Waals surface area contributed by atoms with Gasteiger partial charge in [-0.05, 0) is 26.0 Å². The molecule has 0 aliphatic heterocycles. The van der Waals surface area contributed by atoms with Crippen LogP contribution in [0.5, 0.6) is 0 Å². The zero-order chi connectivity index (χ0) is 16.6. The van der Waals surface area contributed by atoms with Crippen LogP contribution in [0.2, 0.25) is 0 Å². The summed E-state index contributed by atoms with van der Waals surface area (Å²) < 4.78 is 36.7. The number of rotatable bonds is 9. The minimum atomic E-state index is -3.46. The van der Waals surface area contributed by atoms with Gasteiger partial charge in [0.15, 0.2) is 0 Å². The third-order valence-corrected chi connectivity index (χ3v) is 4.73. The van der Waals surface area contributed by atoms with Gasteiger partial charge >= 0.3 is 7.60 Å². The Balaban J connectivity index is 3.02. The average Bonchev–Trinajstić information content (AvgIpc) is 2.47. The van der Waals surface area contributed by atoms with E-state index in [0.717, 1.165) is 0 Å². The van der Waals surface area contributed by atoms with Gasteiger partial charge in [-0.3, -0.25) is 9.36 Å². The number of carbonyl (C=O) groups is 1. The van der Waals surface area contributed by atoms with Crippen LogP contribution in [0, 0.1) is 5.82 Å². The van der Waals surface area contributed by atoms with Gasteiger partial charge in [0.05, 0.1) is 18.8 Å². The number of carbonyl (C=O) groups excluding carboxylic acids is 1. The normalized spacial score (nSPS) is 11.2. The quantitative estimate of drug-likeness (QED) is 0.512. The van der Waals surface area contributed by atoms with Crippen LogP contribution in [0.1, 0.15) is 24.2 Å². The minimum Gasteiger partial charge on any atom is -0.323 e. The zero-order valence-electron chi connectivity index (χ0n) is 12.8. The second-order valence-corrected chi connectivity index (χ2v) is 6.41. The van der Waals surface area contributed by atoms with E-state index in [1.807, 2.05) is 0 Å². The molecule has 122 valence electrons. The molecule has 0 saturated carbocycles. The second-order valence-electron chi connectivity index (χ2n) is 4.38. The van der Waals surface area contributed by atoms with Crippen molar-refractivity contribution in [3.8, 4) is 0 Å². The SMILES string of the molecule is C=CCN(CP(=O)(OCC)OCC)C(=O)c1ccccc1F. The third-order valence-electron chi connectivity index (χ3n) is 2.74. The smallest absolute Gasteiger partial charge is 0.323 e. The highest BCUT2D eigenvalue weighted by atomic mass is 31.2. The first kappa shape index (κ1) is 18.6. The Morgan fingerprint density at radius 1 is 1.32 bits per heavy atom. The summed E-state index contributed by atoms with van der Waals surface area (Å²) in [5, 5.41) is 0.